The Bertz CT molecular complexity index is 359. The summed E-state index contributed by atoms with van der Waals surface area (Å²) in [5.41, 5.74) is 2.63. The normalized spacial score (nSPS) is 11.6. The number of hydrogen-bond acceptors (Lipinski definition) is 2. The molecule has 0 aliphatic carbocycles. The zero-order valence-electron chi connectivity index (χ0n) is 15.2. The van der Waals surface area contributed by atoms with Gasteiger partial charge in [0.1, 0.15) is 6.61 Å². The van der Waals surface area contributed by atoms with Gasteiger partial charge in [-0.05, 0) is 60.5 Å². The number of carbonyl (C=O) groups is 1. The van der Waals surface area contributed by atoms with Crippen molar-refractivity contribution in [1.82, 2.24) is 0 Å². The first-order chi connectivity index (χ1) is 9.89. The van der Waals surface area contributed by atoms with Crippen LogP contribution in [-0.2, 0) is 9.53 Å². The topological polar surface area (TPSA) is 26.3 Å². The molecule has 0 radical (unpaired) electrons. The summed E-state index contributed by atoms with van der Waals surface area (Å²) in [4.78, 5) is 11.9. The van der Waals surface area contributed by atoms with Gasteiger partial charge < -0.3 is 26.2 Å². The van der Waals surface area contributed by atoms with Crippen LogP contribution < -0.4 is 17.0 Å². The molecule has 0 N–H and O–H groups in total. The lowest BCUT2D eigenvalue weighted by Gasteiger charge is -2.34. The van der Waals surface area contributed by atoms with Crippen molar-refractivity contribution in [3.8, 4) is 0 Å². The van der Waals surface area contributed by atoms with Crippen LogP contribution in [0.5, 0.6) is 0 Å². The third-order valence-corrected chi connectivity index (χ3v) is 4.24. The zero-order valence-corrected chi connectivity index (χ0v) is 16.8. The first kappa shape index (κ1) is 23.7. The molecule has 0 saturated carbocycles. The van der Waals surface area contributed by atoms with Gasteiger partial charge in [-0.15, -0.1) is 0 Å². The number of allylic oxidation sites excluding steroid dienone is 3. The maximum Gasteiger partial charge on any atom is 0.362 e. The van der Waals surface area contributed by atoms with Crippen LogP contribution in [0.2, 0.25) is 0 Å². The standard InChI is InChI=1S/C18H34NO2.BrH/c1-7-19(8-2,9-3)15-18(20)21-14-13-17(6)12-10-11-16(4)5;/h11,13H,7-10,12,14-15H2,1-6H3;1H/q+1;/p-1/b17-13+;. The maximum absolute atomic E-state index is 11.9. The van der Waals surface area contributed by atoms with Crippen molar-refractivity contribution in [1.29, 1.82) is 0 Å². The summed E-state index contributed by atoms with van der Waals surface area (Å²) >= 11 is 0. The molecule has 0 atom stereocenters. The highest BCUT2D eigenvalue weighted by Crippen LogP contribution is 2.08. The molecule has 0 aliphatic rings. The van der Waals surface area contributed by atoms with Crippen LogP contribution in [-0.4, -0.2) is 43.2 Å². The Labute approximate surface area is 147 Å². The molecule has 0 spiro atoms. The zero-order chi connectivity index (χ0) is 16.3. The van der Waals surface area contributed by atoms with E-state index in [1.807, 2.05) is 6.08 Å². The average molecular weight is 376 g/mol. The van der Waals surface area contributed by atoms with Crippen LogP contribution in [0.3, 0.4) is 0 Å². The number of quaternary nitrogens is 1. The molecule has 0 heterocycles. The first-order valence-corrected chi connectivity index (χ1v) is 8.18. The lowest BCUT2D eigenvalue weighted by atomic mass is 10.1. The van der Waals surface area contributed by atoms with Crippen LogP contribution in [0.1, 0.15) is 54.4 Å². The molecular weight excluding hydrogens is 342 g/mol. The van der Waals surface area contributed by atoms with Gasteiger partial charge in [0.05, 0.1) is 19.6 Å². The van der Waals surface area contributed by atoms with Crippen LogP contribution >= 0.6 is 0 Å². The Kier molecular flexibility index (Phi) is 13.9. The van der Waals surface area contributed by atoms with E-state index in [-0.39, 0.29) is 23.0 Å². The number of carbonyl (C=O) groups excluding carboxylic acids is 1. The first-order valence-electron chi connectivity index (χ1n) is 8.18. The van der Waals surface area contributed by atoms with Crippen molar-refractivity contribution >= 4 is 5.97 Å². The molecule has 0 rings (SSSR count). The van der Waals surface area contributed by atoms with Gasteiger partial charge in [-0.3, -0.25) is 0 Å². The van der Waals surface area contributed by atoms with Crippen molar-refractivity contribution in [3.05, 3.63) is 23.3 Å². The van der Waals surface area contributed by atoms with Gasteiger partial charge in [0.25, 0.3) is 0 Å². The SMILES string of the molecule is CC[N+](CC)(CC)CC(=O)OC/C=C(\C)CCC=C(C)C.[Br-]. The Morgan fingerprint density at radius 2 is 1.55 bits per heavy atom. The molecule has 3 nitrogen and oxygen atoms in total. The van der Waals surface area contributed by atoms with Crippen LogP contribution in [0, 0.1) is 0 Å². The highest BCUT2D eigenvalue weighted by atomic mass is 79.9. The Morgan fingerprint density at radius 1 is 1.00 bits per heavy atom. The predicted octanol–water partition coefficient (Wildman–Crippen LogP) is 1.10. The molecule has 0 fully saturated rings. The van der Waals surface area contributed by atoms with Crippen molar-refractivity contribution in [3.63, 3.8) is 0 Å². The third kappa shape index (κ3) is 10.2. The number of hydrogen-bond donors (Lipinski definition) is 0. The van der Waals surface area contributed by atoms with Gasteiger partial charge >= 0.3 is 5.97 Å². The number of rotatable bonds is 10. The summed E-state index contributed by atoms with van der Waals surface area (Å²) in [6.45, 7) is 16.5. The summed E-state index contributed by atoms with van der Waals surface area (Å²) < 4.78 is 6.16. The molecule has 4 heteroatoms. The second kappa shape index (κ2) is 12.9. The summed E-state index contributed by atoms with van der Waals surface area (Å²) in [5, 5.41) is 0. The van der Waals surface area contributed by atoms with Crippen molar-refractivity contribution in [2.45, 2.75) is 54.4 Å². The van der Waals surface area contributed by atoms with E-state index in [9.17, 15) is 4.79 Å². The number of halogens is 1. The van der Waals surface area contributed by atoms with Crippen molar-refractivity contribution in [2.75, 3.05) is 32.8 Å². The molecule has 130 valence electrons. The molecule has 0 aliphatic heterocycles. The highest BCUT2D eigenvalue weighted by Gasteiger charge is 2.25. The van der Waals surface area contributed by atoms with Gasteiger partial charge in [0.15, 0.2) is 6.54 Å². The smallest absolute Gasteiger partial charge is 0.362 e. The minimum absolute atomic E-state index is 0. The van der Waals surface area contributed by atoms with Gasteiger partial charge in [-0.1, -0.05) is 17.2 Å². The number of esters is 1. The van der Waals surface area contributed by atoms with Gasteiger partial charge in [-0.2, -0.15) is 0 Å². The molecule has 0 aromatic heterocycles. The van der Waals surface area contributed by atoms with Crippen molar-refractivity contribution < 1.29 is 31.0 Å². The summed E-state index contributed by atoms with van der Waals surface area (Å²) in [5.74, 6) is -0.0890. The average Bonchev–Trinajstić information content (AvgIpc) is 2.44. The largest absolute Gasteiger partial charge is 1.00 e. The van der Waals surface area contributed by atoms with E-state index < -0.39 is 0 Å². The molecule has 0 aromatic carbocycles. The minimum atomic E-state index is -0.0890. The highest BCUT2D eigenvalue weighted by molar-refractivity contribution is 5.70. The molecule has 0 amide bonds. The van der Waals surface area contributed by atoms with Gasteiger partial charge in [0, 0.05) is 0 Å². The lowest BCUT2D eigenvalue weighted by Crippen LogP contribution is -3.00. The van der Waals surface area contributed by atoms with E-state index in [4.69, 9.17) is 4.74 Å². The molecule has 0 bridgehead atoms. The number of ether oxygens (including phenoxy) is 1. The van der Waals surface area contributed by atoms with E-state index >= 15 is 0 Å². The second-order valence-corrected chi connectivity index (χ2v) is 6.00. The monoisotopic (exact) mass is 375 g/mol. The molecular formula is C18H34BrNO2. The van der Waals surface area contributed by atoms with Crippen LogP contribution in [0.4, 0.5) is 0 Å². The third-order valence-electron chi connectivity index (χ3n) is 4.24. The summed E-state index contributed by atoms with van der Waals surface area (Å²) in [6.07, 6.45) is 6.34. The van der Waals surface area contributed by atoms with E-state index in [0.717, 1.165) is 37.0 Å². The van der Waals surface area contributed by atoms with E-state index in [2.05, 4.69) is 47.6 Å². The Morgan fingerprint density at radius 3 is 2.00 bits per heavy atom. The van der Waals surface area contributed by atoms with E-state index in [1.54, 1.807) is 0 Å². The molecule has 22 heavy (non-hydrogen) atoms. The fraction of sp³-hybridized carbons (Fsp3) is 0.722. The molecule has 0 unspecified atom stereocenters. The Hall–Kier alpha value is -0.610. The second-order valence-electron chi connectivity index (χ2n) is 6.00. The van der Waals surface area contributed by atoms with E-state index in [0.29, 0.717) is 13.2 Å². The number of nitrogens with zero attached hydrogens (tertiary/aromatic N) is 1. The molecule has 0 saturated heterocycles. The van der Waals surface area contributed by atoms with Crippen LogP contribution in [0.25, 0.3) is 0 Å². The number of likely N-dealkylation sites (N-methyl/N-ethyl adjacent to an activating group) is 1. The summed E-state index contributed by atoms with van der Waals surface area (Å²) in [6, 6.07) is 0. The minimum Gasteiger partial charge on any atom is -1.00 e. The quantitative estimate of drug-likeness (QED) is 0.324. The van der Waals surface area contributed by atoms with Crippen LogP contribution in [0.15, 0.2) is 23.3 Å². The van der Waals surface area contributed by atoms with Gasteiger partial charge in [0.2, 0.25) is 0 Å². The van der Waals surface area contributed by atoms with Crippen molar-refractivity contribution in [2.24, 2.45) is 0 Å². The fourth-order valence-electron chi connectivity index (χ4n) is 2.29. The molecule has 0 aromatic rings. The lowest BCUT2D eigenvalue weighted by molar-refractivity contribution is -0.916. The predicted molar refractivity (Wildman–Crippen MR) is 90.1 cm³/mol. The van der Waals surface area contributed by atoms with E-state index in [1.165, 1.54) is 11.1 Å². The Balaban J connectivity index is 0. The maximum atomic E-state index is 11.9. The van der Waals surface area contributed by atoms with Gasteiger partial charge in [-0.25, -0.2) is 4.79 Å². The fourth-order valence-corrected chi connectivity index (χ4v) is 2.29. The summed E-state index contributed by atoms with van der Waals surface area (Å²) in [7, 11) is 0.